The molecule has 0 atom stereocenters. The average Bonchev–Trinajstić information content (AvgIpc) is 3.08. The minimum absolute atomic E-state index is 0.0635. The number of rotatable bonds is 5. The Morgan fingerprint density at radius 2 is 2.03 bits per heavy atom. The first-order valence-electron chi connectivity index (χ1n) is 8.32. The number of fused-ring (bicyclic) bond motifs is 1. The van der Waals surface area contributed by atoms with Gasteiger partial charge in [0.25, 0.3) is 0 Å². The maximum absolute atomic E-state index is 13.8. The molecule has 4 aromatic rings. The molecule has 2 aromatic carbocycles. The Hall–Kier alpha value is -3.59. The van der Waals surface area contributed by atoms with Crippen molar-refractivity contribution >= 4 is 28.5 Å². The van der Waals surface area contributed by atoms with Crippen molar-refractivity contribution in [1.29, 1.82) is 0 Å². The molecule has 3 N–H and O–H groups in total. The summed E-state index contributed by atoms with van der Waals surface area (Å²) in [5.74, 6) is -2.29. The average molecular weight is 416 g/mol. The fourth-order valence-electron chi connectivity index (χ4n) is 2.77. The van der Waals surface area contributed by atoms with Crippen LogP contribution in [0.5, 0.6) is 11.8 Å². The Kier molecular flexibility index (Phi) is 4.81. The van der Waals surface area contributed by atoms with E-state index in [0.717, 1.165) is 12.1 Å². The summed E-state index contributed by atoms with van der Waals surface area (Å²) < 4.78 is 32.0. The van der Waals surface area contributed by atoms with E-state index in [-0.39, 0.29) is 23.8 Å². The molecule has 0 aliphatic heterocycles. The van der Waals surface area contributed by atoms with Crippen LogP contribution in [0.4, 0.5) is 8.78 Å². The van der Waals surface area contributed by atoms with Crippen molar-refractivity contribution in [3.05, 3.63) is 64.8 Å². The molecule has 146 valence electrons. The second-order valence-electron chi connectivity index (χ2n) is 6.12. The molecule has 0 unspecified atom stereocenters. The summed E-state index contributed by atoms with van der Waals surface area (Å²) in [4.78, 5) is 19.4. The van der Waals surface area contributed by atoms with E-state index in [1.54, 1.807) is 18.2 Å². The number of aromatic nitrogens is 4. The molecule has 2 aromatic heterocycles. The highest BCUT2D eigenvalue weighted by Crippen LogP contribution is 2.33. The number of carbonyl (C=O) groups excluding carboxylic acids is 1. The van der Waals surface area contributed by atoms with Gasteiger partial charge in [0.1, 0.15) is 5.82 Å². The van der Waals surface area contributed by atoms with Crippen LogP contribution >= 0.6 is 11.6 Å². The summed E-state index contributed by atoms with van der Waals surface area (Å²) >= 11 is 6.29. The van der Waals surface area contributed by atoms with E-state index < -0.39 is 17.5 Å². The van der Waals surface area contributed by atoms with Gasteiger partial charge in [-0.2, -0.15) is 10.1 Å². The fraction of sp³-hybridized carbons (Fsp3) is 0.0526. The minimum Gasteiger partial charge on any atom is -0.421 e. The Bertz CT molecular complexity index is 1240. The number of nitrogens with zero attached hydrogens (tertiary/aromatic N) is 3. The van der Waals surface area contributed by atoms with Crippen LogP contribution in [0, 0.1) is 11.6 Å². The Balaban J connectivity index is 1.69. The van der Waals surface area contributed by atoms with E-state index in [0.29, 0.717) is 33.3 Å². The highest BCUT2D eigenvalue weighted by molar-refractivity contribution is 6.33. The number of amides is 1. The molecule has 0 bridgehead atoms. The number of ether oxygens (including phenoxy) is 1. The van der Waals surface area contributed by atoms with Crippen molar-refractivity contribution in [2.24, 2.45) is 5.73 Å². The number of halogens is 3. The van der Waals surface area contributed by atoms with Gasteiger partial charge in [-0.1, -0.05) is 17.7 Å². The van der Waals surface area contributed by atoms with E-state index >= 15 is 0 Å². The zero-order valence-electron chi connectivity index (χ0n) is 14.6. The lowest BCUT2D eigenvalue weighted by atomic mass is 10.0. The predicted octanol–water partition coefficient (Wildman–Crippen LogP) is 3.77. The molecule has 29 heavy (non-hydrogen) atoms. The van der Waals surface area contributed by atoms with Crippen LogP contribution in [0.15, 0.2) is 42.6 Å². The number of carbonyl (C=O) groups is 1. The Morgan fingerprint density at radius 1 is 1.21 bits per heavy atom. The third-order valence-electron chi connectivity index (χ3n) is 4.06. The first kappa shape index (κ1) is 18.8. The molecule has 0 aliphatic rings. The van der Waals surface area contributed by atoms with E-state index in [9.17, 15) is 13.6 Å². The molecule has 4 rings (SSSR count). The van der Waals surface area contributed by atoms with Crippen molar-refractivity contribution in [2.75, 3.05) is 0 Å². The molecule has 0 radical (unpaired) electrons. The normalized spacial score (nSPS) is 11.0. The van der Waals surface area contributed by atoms with Crippen molar-refractivity contribution in [1.82, 2.24) is 20.2 Å². The molecule has 0 saturated carbocycles. The molecule has 0 fully saturated rings. The van der Waals surface area contributed by atoms with Gasteiger partial charge < -0.3 is 10.5 Å². The third-order valence-corrected chi connectivity index (χ3v) is 4.39. The monoisotopic (exact) mass is 415 g/mol. The smallest absolute Gasteiger partial charge is 0.324 e. The third kappa shape index (κ3) is 3.85. The number of hydrogen-bond donors (Lipinski definition) is 2. The zero-order chi connectivity index (χ0) is 20.5. The maximum Gasteiger partial charge on any atom is 0.324 e. The van der Waals surface area contributed by atoms with Crippen molar-refractivity contribution in [3.8, 4) is 23.0 Å². The summed E-state index contributed by atoms with van der Waals surface area (Å²) in [6.45, 7) is 0. The highest BCUT2D eigenvalue weighted by atomic mass is 35.5. The summed E-state index contributed by atoms with van der Waals surface area (Å²) in [6.07, 6.45) is 1.50. The molecule has 7 nitrogen and oxygen atoms in total. The van der Waals surface area contributed by atoms with Crippen molar-refractivity contribution < 1.29 is 18.3 Å². The molecule has 1 amide bonds. The fourth-order valence-corrected chi connectivity index (χ4v) is 2.99. The summed E-state index contributed by atoms with van der Waals surface area (Å²) in [5.41, 5.74) is 7.32. The van der Waals surface area contributed by atoms with E-state index in [2.05, 4.69) is 20.2 Å². The van der Waals surface area contributed by atoms with Crippen LogP contribution in [0.2, 0.25) is 5.02 Å². The van der Waals surface area contributed by atoms with Gasteiger partial charge in [-0.15, -0.1) is 0 Å². The quantitative estimate of drug-likeness (QED) is 0.516. The number of H-pyrrole nitrogens is 1. The van der Waals surface area contributed by atoms with Crippen LogP contribution in [0.3, 0.4) is 0 Å². The number of nitrogens with one attached hydrogen (secondary N) is 1. The van der Waals surface area contributed by atoms with Crippen LogP contribution in [0.1, 0.15) is 5.56 Å². The molecule has 0 aliphatic carbocycles. The van der Waals surface area contributed by atoms with Crippen LogP contribution in [-0.2, 0) is 11.2 Å². The SMILES string of the molecule is NC(=O)Cc1ccc(Cl)c(-c2[nH]nc3nc(Oc4ccc(F)cc4F)ncc23)c1. The van der Waals surface area contributed by atoms with Crippen molar-refractivity contribution in [2.45, 2.75) is 6.42 Å². The summed E-state index contributed by atoms with van der Waals surface area (Å²) in [5, 5.41) is 7.90. The van der Waals surface area contributed by atoms with Gasteiger partial charge >= 0.3 is 6.01 Å². The largest absolute Gasteiger partial charge is 0.421 e. The molecule has 2 heterocycles. The highest BCUT2D eigenvalue weighted by Gasteiger charge is 2.16. The van der Waals surface area contributed by atoms with Gasteiger partial charge in [0.05, 0.1) is 17.5 Å². The van der Waals surface area contributed by atoms with Gasteiger partial charge in [0.15, 0.2) is 17.2 Å². The lowest BCUT2D eigenvalue weighted by Gasteiger charge is -2.06. The van der Waals surface area contributed by atoms with Crippen molar-refractivity contribution in [3.63, 3.8) is 0 Å². The van der Waals surface area contributed by atoms with Crippen LogP contribution < -0.4 is 10.5 Å². The second kappa shape index (κ2) is 7.44. The van der Waals surface area contributed by atoms with E-state index in [1.165, 1.54) is 6.20 Å². The minimum atomic E-state index is -0.880. The molecule has 0 spiro atoms. The van der Waals surface area contributed by atoms with Gasteiger partial charge in [-0.25, -0.2) is 13.8 Å². The summed E-state index contributed by atoms with van der Waals surface area (Å²) in [7, 11) is 0. The first-order chi connectivity index (χ1) is 13.9. The lowest BCUT2D eigenvalue weighted by Crippen LogP contribution is -2.13. The van der Waals surface area contributed by atoms with Crippen LogP contribution in [-0.4, -0.2) is 26.1 Å². The summed E-state index contributed by atoms with van der Waals surface area (Å²) in [6, 6.07) is 7.81. The second-order valence-corrected chi connectivity index (χ2v) is 6.53. The van der Waals surface area contributed by atoms with Gasteiger partial charge in [-0.3, -0.25) is 9.89 Å². The van der Waals surface area contributed by atoms with Gasteiger partial charge in [0.2, 0.25) is 5.91 Å². The molecule has 0 saturated heterocycles. The number of primary amides is 1. The number of hydrogen-bond acceptors (Lipinski definition) is 5. The number of nitrogens with two attached hydrogens (primary N) is 1. The Labute approximate surface area is 167 Å². The Morgan fingerprint density at radius 3 is 2.79 bits per heavy atom. The topological polar surface area (TPSA) is 107 Å². The van der Waals surface area contributed by atoms with Gasteiger partial charge in [0, 0.05) is 22.8 Å². The molecule has 10 heteroatoms. The first-order valence-corrected chi connectivity index (χ1v) is 8.69. The van der Waals surface area contributed by atoms with Gasteiger partial charge in [-0.05, 0) is 29.8 Å². The predicted molar refractivity (Wildman–Crippen MR) is 101 cm³/mol. The van der Waals surface area contributed by atoms with E-state index in [1.807, 2.05) is 0 Å². The number of benzene rings is 2. The molecular formula is C19H12ClF2N5O2. The zero-order valence-corrected chi connectivity index (χ0v) is 15.4. The maximum atomic E-state index is 13.8. The van der Waals surface area contributed by atoms with E-state index in [4.69, 9.17) is 22.1 Å². The standard InChI is InChI=1S/C19H12ClF2N5O2/c20-13-3-1-9(6-16(23)28)5-11(13)17-12-8-24-19(25-18(12)27-26-17)29-15-4-2-10(21)7-14(15)22/h1-5,7-8H,6H2,(H2,23,28)(H,24,25,26,27). The number of aromatic amines is 1. The lowest BCUT2D eigenvalue weighted by molar-refractivity contribution is -0.117. The molecular weight excluding hydrogens is 404 g/mol. The van der Waals surface area contributed by atoms with Crippen LogP contribution in [0.25, 0.3) is 22.3 Å².